The first-order valence-electron chi connectivity index (χ1n) is 9.78. The van der Waals surface area contributed by atoms with E-state index in [9.17, 15) is 29.2 Å². The van der Waals surface area contributed by atoms with Crippen LogP contribution < -0.4 is 20.5 Å². The van der Waals surface area contributed by atoms with Gasteiger partial charge in [0.2, 0.25) is 0 Å². The number of phosphoric ester groups is 1. The van der Waals surface area contributed by atoms with Crippen LogP contribution in [0.15, 0.2) is 34.0 Å². The fraction of sp³-hybridized carbons (Fsp3) is 0.389. The second kappa shape index (κ2) is 8.48. The van der Waals surface area contributed by atoms with Gasteiger partial charge >= 0.3 is 13.5 Å². The van der Waals surface area contributed by atoms with Crippen LogP contribution in [0.2, 0.25) is 0 Å². The number of rotatable bonds is 6. The molecule has 2 aromatic rings. The summed E-state index contributed by atoms with van der Waals surface area (Å²) in [5, 5.41) is 20.6. The van der Waals surface area contributed by atoms with Crippen LogP contribution in [0.1, 0.15) is 23.5 Å². The Morgan fingerprint density at radius 2 is 2.21 bits per heavy atom. The summed E-state index contributed by atoms with van der Waals surface area (Å²) in [6, 6.07) is 4.74. The number of halogens is 1. The van der Waals surface area contributed by atoms with Gasteiger partial charge in [0.25, 0.3) is 11.4 Å². The van der Waals surface area contributed by atoms with E-state index in [1.54, 1.807) is 17.1 Å². The molecule has 0 saturated carbocycles. The number of carbonyl (C=O) groups is 1. The predicted octanol–water partition coefficient (Wildman–Crippen LogP) is 0.00800. The van der Waals surface area contributed by atoms with Crippen LogP contribution in [-0.4, -0.2) is 57.8 Å². The molecule has 0 aliphatic carbocycles. The van der Waals surface area contributed by atoms with Crippen LogP contribution in [0.4, 0.5) is 4.39 Å². The van der Waals surface area contributed by atoms with Crippen LogP contribution >= 0.6 is 7.82 Å². The number of fused-ring (bicyclic) bond motifs is 1. The highest BCUT2D eigenvalue weighted by Crippen LogP contribution is 2.57. The molecule has 0 amide bonds. The highest BCUT2D eigenvalue weighted by molar-refractivity contribution is 7.49. The average molecular weight is 489 g/mol. The predicted molar refractivity (Wildman–Crippen MR) is 105 cm³/mol. The zero-order valence-electron chi connectivity index (χ0n) is 17.8. The number of phosphoric acid groups is 1. The molecule has 0 radical (unpaired) electrons. The van der Waals surface area contributed by atoms with Crippen LogP contribution in [0, 0.1) is 0 Å². The molecule has 178 valence electrons. The van der Waals surface area contributed by atoms with Crippen LogP contribution in [-0.2, 0) is 25.0 Å². The summed E-state index contributed by atoms with van der Waals surface area (Å²) in [4.78, 5) is 36.5. The second-order valence-corrected chi connectivity index (χ2v) is 8.58. The lowest BCUT2D eigenvalue weighted by atomic mass is 10.1. The van der Waals surface area contributed by atoms with E-state index < -0.39 is 55.5 Å². The number of aromatic amines is 1. The van der Waals surface area contributed by atoms with Crippen LogP contribution in [0.3, 0.4) is 0 Å². The van der Waals surface area contributed by atoms with Crippen LogP contribution in [0.25, 0.3) is 0 Å². The molecule has 5 atom stereocenters. The van der Waals surface area contributed by atoms with E-state index in [0.717, 1.165) is 0 Å². The minimum Gasteiger partial charge on any atom is -0.493 e. The SMILES string of the molecule is [2H][C@@]1(n2cc(C=O)c(=O)[nH]c2=O)O[C@](F)(COP2(=O)OCc3cccc(OC)c3O2)[C@@H](O)[C@H]1O. The number of ether oxygens (including phenoxy) is 2. The number of hydrogen-bond donors (Lipinski definition) is 3. The lowest BCUT2D eigenvalue weighted by Gasteiger charge is -2.28. The number of aliphatic hydroxyl groups is 2. The Labute approximate surface area is 185 Å². The van der Waals surface area contributed by atoms with Gasteiger partial charge in [-0.05, 0) is 6.07 Å². The van der Waals surface area contributed by atoms with Crippen molar-refractivity contribution in [3.8, 4) is 11.5 Å². The fourth-order valence-electron chi connectivity index (χ4n) is 3.16. The van der Waals surface area contributed by atoms with Gasteiger partial charge in [-0.25, -0.2) is 13.8 Å². The summed E-state index contributed by atoms with van der Waals surface area (Å²) >= 11 is 0. The molecule has 0 spiro atoms. The Balaban J connectivity index is 1.59. The molecule has 33 heavy (non-hydrogen) atoms. The third-order valence-corrected chi connectivity index (χ3v) is 6.18. The highest BCUT2D eigenvalue weighted by Gasteiger charge is 2.57. The summed E-state index contributed by atoms with van der Waals surface area (Å²) < 4.78 is 62.1. The molecular weight excluding hydrogens is 470 g/mol. The maximum Gasteiger partial charge on any atom is 0.530 e. The van der Waals surface area contributed by atoms with Gasteiger partial charge in [-0.15, -0.1) is 0 Å². The van der Waals surface area contributed by atoms with Crippen molar-refractivity contribution in [2.24, 2.45) is 0 Å². The van der Waals surface area contributed by atoms with Crippen molar-refractivity contribution in [2.75, 3.05) is 13.7 Å². The lowest BCUT2D eigenvalue weighted by Crippen LogP contribution is -2.43. The van der Waals surface area contributed by atoms with Gasteiger partial charge in [0.1, 0.15) is 18.8 Å². The van der Waals surface area contributed by atoms with Crippen molar-refractivity contribution in [1.29, 1.82) is 0 Å². The Morgan fingerprint density at radius 1 is 1.45 bits per heavy atom. The van der Waals surface area contributed by atoms with Crippen molar-refractivity contribution in [2.45, 2.75) is 30.9 Å². The fourth-order valence-corrected chi connectivity index (χ4v) is 4.40. The lowest BCUT2D eigenvalue weighted by molar-refractivity contribution is -0.205. The van der Waals surface area contributed by atoms with E-state index in [0.29, 0.717) is 11.8 Å². The Kier molecular flexibility index (Phi) is 5.64. The van der Waals surface area contributed by atoms with Crippen molar-refractivity contribution in [3.63, 3.8) is 0 Å². The zero-order chi connectivity index (χ0) is 24.9. The minimum absolute atomic E-state index is 0.0245. The van der Waals surface area contributed by atoms with Crippen molar-refractivity contribution in [3.05, 3.63) is 56.4 Å². The topological polar surface area (TPSA) is 176 Å². The summed E-state index contributed by atoms with van der Waals surface area (Å²) in [6.45, 7) is -1.62. The molecule has 0 bridgehead atoms. The third-order valence-electron chi connectivity index (χ3n) is 4.88. The largest absolute Gasteiger partial charge is 0.530 e. The van der Waals surface area contributed by atoms with Gasteiger partial charge in [-0.3, -0.25) is 28.2 Å². The average Bonchev–Trinajstić information content (AvgIpc) is 2.98. The molecule has 1 fully saturated rings. The third kappa shape index (κ3) is 4.12. The smallest absolute Gasteiger partial charge is 0.493 e. The number of aldehydes is 1. The number of hydrogen-bond acceptors (Lipinski definition) is 11. The number of aliphatic hydroxyl groups excluding tert-OH is 2. The molecule has 15 heteroatoms. The van der Waals surface area contributed by atoms with E-state index in [2.05, 4.69) is 0 Å². The van der Waals surface area contributed by atoms with Crippen molar-refractivity contribution >= 4 is 14.1 Å². The first kappa shape index (κ1) is 21.9. The summed E-state index contributed by atoms with van der Waals surface area (Å²) in [5.41, 5.74) is -2.60. The summed E-state index contributed by atoms with van der Waals surface area (Å²) in [7, 11) is -3.15. The summed E-state index contributed by atoms with van der Waals surface area (Å²) in [5.74, 6) is -3.18. The van der Waals surface area contributed by atoms with Gasteiger partial charge in [0.05, 0.1) is 20.7 Å². The summed E-state index contributed by atoms with van der Waals surface area (Å²) in [6.07, 6.45) is -7.35. The number of H-pyrrole nitrogens is 1. The number of methoxy groups -OCH3 is 1. The number of nitrogens with zero attached hydrogens (tertiary/aromatic N) is 1. The maximum atomic E-state index is 15.5. The molecule has 2 aliphatic rings. The first-order chi connectivity index (χ1) is 16.0. The Morgan fingerprint density at radius 3 is 2.91 bits per heavy atom. The molecule has 1 unspecified atom stereocenters. The second-order valence-electron chi connectivity index (χ2n) is 6.98. The normalized spacial score (nSPS) is 33.6. The number of benzene rings is 1. The van der Waals surface area contributed by atoms with E-state index in [1.807, 2.05) is 0 Å². The molecule has 3 N–H and O–H groups in total. The molecule has 2 aliphatic heterocycles. The monoisotopic (exact) mass is 489 g/mol. The highest BCUT2D eigenvalue weighted by atomic mass is 31.2. The molecule has 1 saturated heterocycles. The van der Waals surface area contributed by atoms with Gasteiger partial charge < -0.3 is 24.2 Å². The molecule has 1 aromatic carbocycles. The van der Waals surface area contributed by atoms with Gasteiger partial charge in [-0.1, -0.05) is 12.1 Å². The van der Waals surface area contributed by atoms with Crippen molar-refractivity contribution < 1.29 is 48.4 Å². The molecule has 3 heterocycles. The number of aromatic nitrogens is 2. The van der Waals surface area contributed by atoms with E-state index in [4.69, 9.17) is 24.4 Å². The van der Waals surface area contributed by atoms with Gasteiger partial charge in [0.15, 0.2) is 24.0 Å². The molecule has 1 aromatic heterocycles. The minimum atomic E-state index is -4.49. The molecule has 13 nitrogen and oxygen atoms in total. The maximum absolute atomic E-state index is 15.5. The van der Waals surface area contributed by atoms with Gasteiger partial charge in [0, 0.05) is 11.8 Å². The van der Waals surface area contributed by atoms with E-state index in [-0.39, 0.29) is 29.0 Å². The number of alkyl halides is 1. The van der Waals surface area contributed by atoms with Crippen LogP contribution in [0.5, 0.6) is 11.5 Å². The van der Waals surface area contributed by atoms with Crippen molar-refractivity contribution in [1.82, 2.24) is 9.55 Å². The molecular formula is C18H18FN2O11P. The number of nitrogens with one attached hydrogen (secondary N) is 1. The number of para-hydroxylation sites is 1. The first-order valence-corrected chi connectivity index (χ1v) is 10.7. The Hall–Kier alpha value is -2.87. The quantitative estimate of drug-likeness (QED) is 0.368. The van der Waals surface area contributed by atoms with E-state index in [1.165, 1.54) is 13.2 Å². The standard InChI is InChI=1S/C18H18FN2O11P/c1-28-11-4-2-3-9-7-29-33(27,32-13(9)11)30-8-18(19)14(24)12(23)16(31-18)21-5-10(6-22)15(25)20-17(21)26/h2-6,12,14,16,23-24H,7-8H2,1H3,(H,20,25,26)/t12-,14+,16-,18-,33?/m1/s1/i16D. The zero-order valence-corrected chi connectivity index (χ0v) is 17.7. The van der Waals surface area contributed by atoms with Gasteiger partial charge in [-0.2, -0.15) is 0 Å². The van der Waals surface area contributed by atoms with E-state index >= 15 is 4.39 Å². The Bertz CT molecular complexity index is 1290. The number of carbonyl (C=O) groups excluding carboxylic acids is 1. The molecule has 4 rings (SSSR count).